The molecule has 0 atom stereocenters. The maximum atomic E-state index is 13.4. The fraction of sp³-hybridized carbons (Fsp3) is 0.121. The number of thioether (sulfide) groups is 1. The molecule has 0 unspecified atom stereocenters. The van der Waals surface area contributed by atoms with Gasteiger partial charge < -0.3 is 20.7 Å². The highest BCUT2D eigenvalue weighted by molar-refractivity contribution is 8.00. The molecule has 4 aromatic carbocycles. The van der Waals surface area contributed by atoms with Crippen molar-refractivity contribution in [2.75, 3.05) is 23.5 Å². The Hall–Kier alpha value is -4.82. The van der Waals surface area contributed by atoms with E-state index < -0.39 is 11.8 Å². The number of carbonyl (C=O) groups excluding carboxylic acids is 3. The predicted molar refractivity (Wildman–Crippen MR) is 165 cm³/mol. The van der Waals surface area contributed by atoms with Crippen LogP contribution in [0.5, 0.6) is 5.75 Å². The minimum atomic E-state index is -0.486. The van der Waals surface area contributed by atoms with Crippen LogP contribution >= 0.6 is 11.8 Å². The zero-order valence-corrected chi connectivity index (χ0v) is 23.9. The Kier molecular flexibility index (Phi) is 9.96. The highest BCUT2D eigenvalue weighted by Gasteiger charge is 2.16. The van der Waals surface area contributed by atoms with E-state index in [-0.39, 0.29) is 17.4 Å². The van der Waals surface area contributed by atoms with Gasteiger partial charge in [-0.05, 0) is 85.1 Å². The number of aryl methyl sites for hydroxylation is 1. The molecule has 0 aliphatic carbocycles. The number of benzene rings is 4. The van der Waals surface area contributed by atoms with Crippen molar-refractivity contribution in [3.05, 3.63) is 125 Å². The van der Waals surface area contributed by atoms with E-state index >= 15 is 0 Å². The third kappa shape index (κ3) is 8.33. The van der Waals surface area contributed by atoms with Crippen LogP contribution in [-0.4, -0.2) is 30.6 Å². The summed E-state index contributed by atoms with van der Waals surface area (Å²) in [6.07, 6.45) is 1.60. The van der Waals surface area contributed by atoms with Gasteiger partial charge in [-0.2, -0.15) is 0 Å². The molecule has 0 aliphatic rings. The Morgan fingerprint density at radius 2 is 1.56 bits per heavy atom. The first-order valence-corrected chi connectivity index (χ1v) is 13.9. The maximum absolute atomic E-state index is 13.4. The number of ether oxygens (including phenoxy) is 1. The lowest BCUT2D eigenvalue weighted by Crippen LogP contribution is -2.30. The van der Waals surface area contributed by atoms with Gasteiger partial charge in [0.25, 0.3) is 11.8 Å². The first kappa shape index (κ1) is 29.2. The quantitative estimate of drug-likeness (QED) is 0.152. The van der Waals surface area contributed by atoms with Crippen molar-refractivity contribution in [1.29, 1.82) is 0 Å². The first-order chi connectivity index (χ1) is 19.8. The lowest BCUT2D eigenvalue weighted by atomic mass is 10.1. The molecule has 3 amide bonds. The molecule has 0 radical (unpaired) electrons. The van der Waals surface area contributed by atoms with Crippen molar-refractivity contribution in [3.8, 4) is 5.75 Å². The van der Waals surface area contributed by atoms with Crippen LogP contribution in [0.1, 0.15) is 27.0 Å². The van der Waals surface area contributed by atoms with Crippen LogP contribution in [0, 0.1) is 13.8 Å². The van der Waals surface area contributed by atoms with Crippen molar-refractivity contribution in [1.82, 2.24) is 5.32 Å². The Balaban J connectivity index is 1.46. The summed E-state index contributed by atoms with van der Waals surface area (Å²) in [5, 5.41) is 8.56. The zero-order chi connectivity index (χ0) is 29.2. The molecule has 208 valence electrons. The minimum absolute atomic E-state index is 0.0787. The monoisotopic (exact) mass is 565 g/mol. The smallest absolute Gasteiger partial charge is 0.272 e. The van der Waals surface area contributed by atoms with Gasteiger partial charge in [0.1, 0.15) is 11.4 Å². The normalized spacial score (nSPS) is 11.0. The fourth-order valence-electron chi connectivity index (χ4n) is 3.89. The average Bonchev–Trinajstić information content (AvgIpc) is 2.99. The van der Waals surface area contributed by atoms with E-state index in [4.69, 9.17) is 4.74 Å². The second-order valence-electron chi connectivity index (χ2n) is 9.22. The molecule has 0 fully saturated rings. The van der Waals surface area contributed by atoms with Gasteiger partial charge in [-0.25, -0.2) is 0 Å². The molecule has 4 aromatic rings. The van der Waals surface area contributed by atoms with E-state index in [1.54, 1.807) is 79.9 Å². The molecule has 0 spiro atoms. The number of rotatable bonds is 10. The van der Waals surface area contributed by atoms with Gasteiger partial charge in [0.15, 0.2) is 0 Å². The number of hydrogen-bond donors (Lipinski definition) is 3. The van der Waals surface area contributed by atoms with Gasteiger partial charge in [-0.3, -0.25) is 14.4 Å². The van der Waals surface area contributed by atoms with E-state index in [0.717, 1.165) is 21.7 Å². The van der Waals surface area contributed by atoms with Crippen LogP contribution in [0.15, 0.2) is 108 Å². The molecule has 0 aliphatic heterocycles. The van der Waals surface area contributed by atoms with E-state index in [1.807, 2.05) is 44.2 Å². The van der Waals surface area contributed by atoms with Crippen LogP contribution in [0.2, 0.25) is 0 Å². The summed E-state index contributed by atoms with van der Waals surface area (Å²) >= 11 is 1.36. The summed E-state index contributed by atoms with van der Waals surface area (Å²) in [5.74, 6) is -0.120. The standard InChI is InChI=1S/C33H31N3O4S/c1-22-9-7-14-29(23(22)2)35-31(37)21-41-28-13-8-12-26(20-28)34-33(39)30(19-24-15-17-27(40-3)18-16-24)36-32(38)25-10-5-4-6-11-25/h4-20H,21H2,1-3H3,(H,34,39)(H,35,37)(H,36,38)/b30-19+. The summed E-state index contributed by atoms with van der Waals surface area (Å²) < 4.78 is 5.21. The summed E-state index contributed by atoms with van der Waals surface area (Å²) in [6.45, 7) is 3.98. The molecule has 0 saturated carbocycles. The highest BCUT2D eigenvalue weighted by atomic mass is 32.2. The van der Waals surface area contributed by atoms with Crippen molar-refractivity contribution < 1.29 is 19.1 Å². The second-order valence-corrected chi connectivity index (χ2v) is 10.3. The number of amides is 3. The fourth-order valence-corrected chi connectivity index (χ4v) is 4.65. The topological polar surface area (TPSA) is 96.5 Å². The van der Waals surface area contributed by atoms with Crippen molar-refractivity contribution in [2.24, 2.45) is 0 Å². The average molecular weight is 566 g/mol. The Morgan fingerprint density at radius 3 is 2.29 bits per heavy atom. The Bertz CT molecular complexity index is 1570. The van der Waals surface area contributed by atoms with Gasteiger partial charge in [-0.1, -0.05) is 48.5 Å². The van der Waals surface area contributed by atoms with E-state index in [1.165, 1.54) is 11.8 Å². The van der Waals surface area contributed by atoms with Crippen LogP contribution in [0.25, 0.3) is 6.08 Å². The van der Waals surface area contributed by atoms with E-state index in [9.17, 15) is 14.4 Å². The molecule has 3 N–H and O–H groups in total. The van der Waals surface area contributed by atoms with Gasteiger partial charge in [-0.15, -0.1) is 11.8 Å². The van der Waals surface area contributed by atoms with Crippen molar-refractivity contribution in [3.63, 3.8) is 0 Å². The predicted octanol–water partition coefficient (Wildman–Crippen LogP) is 6.45. The van der Waals surface area contributed by atoms with E-state index in [0.29, 0.717) is 22.6 Å². The Morgan fingerprint density at radius 1 is 0.829 bits per heavy atom. The summed E-state index contributed by atoms with van der Waals surface area (Å²) in [4.78, 5) is 39.6. The first-order valence-electron chi connectivity index (χ1n) is 12.9. The molecule has 41 heavy (non-hydrogen) atoms. The van der Waals surface area contributed by atoms with Gasteiger partial charge >= 0.3 is 0 Å². The third-order valence-electron chi connectivity index (χ3n) is 6.30. The molecular formula is C33H31N3O4S. The Labute approximate surface area is 244 Å². The molecular weight excluding hydrogens is 534 g/mol. The van der Waals surface area contributed by atoms with Gasteiger partial charge in [0.2, 0.25) is 5.91 Å². The van der Waals surface area contributed by atoms with Crippen LogP contribution < -0.4 is 20.7 Å². The summed E-state index contributed by atoms with van der Waals surface area (Å²) in [6, 6.07) is 28.8. The largest absolute Gasteiger partial charge is 0.497 e. The van der Waals surface area contributed by atoms with Gasteiger partial charge in [0, 0.05) is 21.8 Å². The SMILES string of the molecule is COc1ccc(/C=C(/NC(=O)c2ccccc2)C(=O)Nc2cccc(SCC(=O)Nc3cccc(C)c3C)c2)cc1. The number of hydrogen-bond acceptors (Lipinski definition) is 5. The molecule has 0 heterocycles. The maximum Gasteiger partial charge on any atom is 0.272 e. The van der Waals surface area contributed by atoms with Crippen molar-refractivity contribution in [2.45, 2.75) is 18.7 Å². The molecule has 7 nitrogen and oxygen atoms in total. The van der Waals surface area contributed by atoms with Crippen LogP contribution in [0.4, 0.5) is 11.4 Å². The van der Waals surface area contributed by atoms with Gasteiger partial charge in [0.05, 0.1) is 12.9 Å². The summed E-state index contributed by atoms with van der Waals surface area (Å²) in [5.41, 5.74) is 4.69. The highest BCUT2D eigenvalue weighted by Crippen LogP contribution is 2.24. The number of anilines is 2. The molecule has 4 rings (SSSR count). The molecule has 8 heteroatoms. The number of carbonyl (C=O) groups is 3. The lowest BCUT2D eigenvalue weighted by Gasteiger charge is -2.13. The van der Waals surface area contributed by atoms with Crippen LogP contribution in [-0.2, 0) is 9.59 Å². The summed E-state index contributed by atoms with van der Waals surface area (Å²) in [7, 11) is 1.58. The van der Waals surface area contributed by atoms with Crippen molar-refractivity contribution >= 4 is 46.9 Å². The minimum Gasteiger partial charge on any atom is -0.497 e. The van der Waals surface area contributed by atoms with E-state index in [2.05, 4.69) is 16.0 Å². The molecule has 0 saturated heterocycles. The third-order valence-corrected chi connectivity index (χ3v) is 7.29. The molecule has 0 bridgehead atoms. The number of nitrogens with one attached hydrogen (secondary N) is 3. The number of methoxy groups -OCH3 is 1. The van der Waals surface area contributed by atoms with Crippen LogP contribution in [0.3, 0.4) is 0 Å². The lowest BCUT2D eigenvalue weighted by molar-refractivity contribution is -0.114. The molecule has 0 aromatic heterocycles. The second kappa shape index (κ2) is 14.0. The zero-order valence-electron chi connectivity index (χ0n) is 23.1.